The van der Waals surface area contributed by atoms with Crippen LogP contribution in [0, 0.1) is 0 Å². The molecule has 116 valence electrons. The average molecular weight is 315 g/mol. The molecule has 1 aromatic carbocycles. The van der Waals surface area contributed by atoms with E-state index in [1.54, 1.807) is 0 Å². The van der Waals surface area contributed by atoms with E-state index in [1.807, 2.05) is 36.5 Å². The molecule has 3 atom stereocenters. The smallest absolute Gasteiger partial charge is 0.275 e. The Morgan fingerprint density at radius 3 is 2.91 bits per heavy atom. The lowest BCUT2D eigenvalue weighted by atomic mass is 10.0. The van der Waals surface area contributed by atoms with Gasteiger partial charge in [0.2, 0.25) is 0 Å². The molecule has 22 heavy (non-hydrogen) atoms. The van der Waals surface area contributed by atoms with Gasteiger partial charge in [0.05, 0.1) is 12.6 Å². The minimum absolute atomic E-state index is 0.0601. The molecule has 0 radical (unpaired) electrons. The number of hydrogen-bond donors (Lipinski definition) is 2. The van der Waals surface area contributed by atoms with Gasteiger partial charge >= 0.3 is 0 Å². The van der Waals surface area contributed by atoms with Crippen LogP contribution in [0.2, 0.25) is 0 Å². The molecule has 2 N–H and O–H groups in total. The Kier molecular flexibility index (Phi) is 4.60. The fourth-order valence-corrected chi connectivity index (χ4v) is 4.20. The highest BCUT2D eigenvalue weighted by Gasteiger charge is 2.29. The van der Waals surface area contributed by atoms with Gasteiger partial charge in [-0.15, -0.1) is 11.3 Å². The summed E-state index contributed by atoms with van der Waals surface area (Å²) < 4.78 is 0. The van der Waals surface area contributed by atoms with Crippen LogP contribution in [-0.2, 0) is 11.2 Å². The number of carbonyl (C=O) groups excluding carboxylic acids is 1. The Bertz CT molecular complexity index is 638. The van der Waals surface area contributed by atoms with Crippen LogP contribution in [0.5, 0.6) is 0 Å². The summed E-state index contributed by atoms with van der Waals surface area (Å²) in [6.45, 7) is 5.86. The highest BCUT2D eigenvalue weighted by atomic mass is 32.1. The fourth-order valence-electron chi connectivity index (χ4n) is 3.22. The normalized spacial score (nSPS) is 21.9. The maximum atomic E-state index is 12.4. The van der Waals surface area contributed by atoms with Crippen LogP contribution in [0.1, 0.15) is 41.9 Å². The van der Waals surface area contributed by atoms with E-state index in [4.69, 9.17) is 0 Å². The lowest BCUT2D eigenvalue weighted by Gasteiger charge is -2.30. The quantitative estimate of drug-likeness (QED) is 0.890. The highest BCUT2D eigenvalue weighted by molar-refractivity contribution is 7.10. The van der Waals surface area contributed by atoms with Gasteiger partial charge in [0.15, 0.2) is 6.54 Å². The van der Waals surface area contributed by atoms with Crippen molar-refractivity contribution < 1.29 is 9.69 Å². The molecule has 1 amide bonds. The zero-order valence-corrected chi connectivity index (χ0v) is 14.0. The molecule has 1 aromatic heterocycles. The highest BCUT2D eigenvalue weighted by Crippen LogP contribution is 2.24. The Hall–Kier alpha value is -1.65. The summed E-state index contributed by atoms with van der Waals surface area (Å²) in [5.41, 5.74) is 2.58. The monoisotopic (exact) mass is 315 g/mol. The first-order chi connectivity index (χ1) is 10.6. The number of hydrogen-bond acceptors (Lipinski definition) is 2. The molecule has 2 heterocycles. The summed E-state index contributed by atoms with van der Waals surface area (Å²) in [7, 11) is 0. The van der Waals surface area contributed by atoms with E-state index in [-0.39, 0.29) is 11.9 Å². The van der Waals surface area contributed by atoms with Crippen molar-refractivity contribution in [2.24, 2.45) is 0 Å². The van der Waals surface area contributed by atoms with Gasteiger partial charge in [-0.25, -0.2) is 0 Å². The van der Waals surface area contributed by atoms with Crippen LogP contribution < -0.4 is 10.2 Å². The molecule has 0 aliphatic carbocycles. The van der Waals surface area contributed by atoms with Crippen molar-refractivity contribution in [3.8, 4) is 0 Å². The van der Waals surface area contributed by atoms with Crippen molar-refractivity contribution in [1.82, 2.24) is 5.32 Å². The third-order valence-electron chi connectivity index (χ3n) is 4.60. The van der Waals surface area contributed by atoms with Crippen molar-refractivity contribution in [1.29, 1.82) is 0 Å². The fraction of sp³-hybridized carbons (Fsp3) is 0.389. The molecule has 3 nitrogen and oxygen atoms in total. The van der Waals surface area contributed by atoms with Crippen molar-refractivity contribution >= 4 is 17.2 Å². The predicted molar refractivity (Wildman–Crippen MR) is 90.1 cm³/mol. The predicted octanol–water partition coefficient (Wildman–Crippen LogP) is 2.13. The van der Waals surface area contributed by atoms with Gasteiger partial charge in [-0.1, -0.05) is 30.3 Å². The molecule has 0 saturated heterocycles. The standard InChI is InChI=1S/C18H22N2OS/c1-13(15-6-4-3-5-7-15)19-18(21)12-20-10-8-17-16(14(20)2)9-11-22-17/h3-7,9,11,13-14H,8,10,12H2,1-2H3,(H,19,21)/p+1/t13-,14-/m0/s1. The molecular weight excluding hydrogens is 292 g/mol. The number of fused-ring (bicyclic) bond motifs is 1. The number of nitrogens with one attached hydrogen (secondary N) is 2. The Morgan fingerprint density at radius 1 is 1.36 bits per heavy atom. The van der Waals surface area contributed by atoms with Gasteiger partial charge in [0.25, 0.3) is 5.91 Å². The topological polar surface area (TPSA) is 33.5 Å². The van der Waals surface area contributed by atoms with Crippen LogP contribution in [0.15, 0.2) is 41.8 Å². The van der Waals surface area contributed by atoms with E-state index in [9.17, 15) is 4.79 Å². The van der Waals surface area contributed by atoms with E-state index in [2.05, 4.69) is 35.8 Å². The molecule has 0 saturated carbocycles. The first-order valence-corrected chi connectivity index (χ1v) is 8.78. The van der Waals surface area contributed by atoms with Crippen LogP contribution in [0.4, 0.5) is 0 Å². The minimum atomic E-state index is 0.0601. The summed E-state index contributed by atoms with van der Waals surface area (Å²) in [5, 5.41) is 5.29. The van der Waals surface area contributed by atoms with Crippen LogP contribution in [0.3, 0.4) is 0 Å². The Labute approximate surface area is 136 Å². The van der Waals surface area contributed by atoms with Crippen molar-refractivity contribution in [2.75, 3.05) is 13.1 Å². The zero-order valence-electron chi connectivity index (χ0n) is 13.1. The maximum absolute atomic E-state index is 12.4. The number of amides is 1. The van der Waals surface area contributed by atoms with Crippen molar-refractivity contribution in [3.05, 3.63) is 57.8 Å². The van der Waals surface area contributed by atoms with Crippen molar-refractivity contribution in [3.63, 3.8) is 0 Å². The summed E-state index contributed by atoms with van der Waals surface area (Å²) in [6.07, 6.45) is 1.09. The molecule has 2 aromatic rings. The number of carbonyl (C=O) groups is 1. The van der Waals surface area contributed by atoms with Crippen molar-refractivity contribution in [2.45, 2.75) is 32.4 Å². The van der Waals surface area contributed by atoms with Gasteiger partial charge in [0.1, 0.15) is 6.04 Å². The first-order valence-electron chi connectivity index (χ1n) is 7.90. The number of rotatable bonds is 4. The van der Waals surface area contributed by atoms with Gasteiger partial charge in [-0.3, -0.25) is 4.79 Å². The molecule has 1 aliphatic rings. The second kappa shape index (κ2) is 6.63. The molecule has 1 unspecified atom stereocenters. The first kappa shape index (κ1) is 15.3. The number of benzene rings is 1. The molecule has 0 bridgehead atoms. The average Bonchev–Trinajstić information content (AvgIpc) is 3.00. The molecule has 0 spiro atoms. The summed E-state index contributed by atoms with van der Waals surface area (Å²) in [6, 6.07) is 12.8. The molecule has 1 aliphatic heterocycles. The second-order valence-corrected chi connectivity index (χ2v) is 7.06. The molecule has 3 rings (SSSR count). The third-order valence-corrected chi connectivity index (χ3v) is 5.59. The molecular formula is C18H23N2OS+. The summed E-state index contributed by atoms with van der Waals surface area (Å²) >= 11 is 1.84. The SMILES string of the molecule is C[C@H](NC(=O)C[NH+]1CCc2sccc2[C@@H]1C)c1ccccc1. The molecule has 4 heteroatoms. The Balaban J connectivity index is 1.59. The maximum Gasteiger partial charge on any atom is 0.275 e. The van der Waals surface area contributed by atoms with Gasteiger partial charge in [0, 0.05) is 16.9 Å². The number of quaternary nitrogens is 1. The van der Waals surface area contributed by atoms with E-state index in [1.165, 1.54) is 15.3 Å². The summed E-state index contributed by atoms with van der Waals surface area (Å²) in [5.74, 6) is 0.136. The van der Waals surface area contributed by atoms with Gasteiger partial charge < -0.3 is 10.2 Å². The lowest BCUT2D eigenvalue weighted by molar-refractivity contribution is -0.924. The molecule has 0 fully saturated rings. The lowest BCUT2D eigenvalue weighted by Crippen LogP contribution is -3.14. The Morgan fingerprint density at radius 2 is 2.14 bits per heavy atom. The van der Waals surface area contributed by atoms with E-state index < -0.39 is 0 Å². The number of thiophene rings is 1. The van der Waals surface area contributed by atoms with Crippen LogP contribution in [-0.4, -0.2) is 19.0 Å². The largest absolute Gasteiger partial charge is 0.345 e. The summed E-state index contributed by atoms with van der Waals surface area (Å²) in [4.78, 5) is 15.2. The van der Waals surface area contributed by atoms with Gasteiger partial charge in [-0.2, -0.15) is 0 Å². The van der Waals surface area contributed by atoms with Gasteiger partial charge in [-0.05, 0) is 30.9 Å². The third kappa shape index (κ3) is 3.23. The van der Waals surface area contributed by atoms with E-state index in [0.717, 1.165) is 18.5 Å². The van der Waals surface area contributed by atoms with E-state index in [0.29, 0.717) is 12.6 Å². The van der Waals surface area contributed by atoms with Crippen LogP contribution in [0.25, 0.3) is 0 Å². The van der Waals surface area contributed by atoms with Crippen LogP contribution >= 0.6 is 11.3 Å². The van der Waals surface area contributed by atoms with E-state index >= 15 is 0 Å². The minimum Gasteiger partial charge on any atom is -0.345 e. The second-order valence-electron chi connectivity index (χ2n) is 6.06. The zero-order chi connectivity index (χ0) is 15.5.